The second-order valence-electron chi connectivity index (χ2n) is 6.25. The van der Waals surface area contributed by atoms with Crippen molar-refractivity contribution in [3.8, 4) is 0 Å². The average molecular weight is 291 g/mol. The summed E-state index contributed by atoms with van der Waals surface area (Å²) in [6.07, 6.45) is 9.47. The molecule has 0 atom stereocenters. The number of anilines is 2. The normalized spacial score (nSPS) is 20.7. The third-order valence-electron chi connectivity index (χ3n) is 4.83. The summed E-state index contributed by atoms with van der Waals surface area (Å²) in [5.41, 5.74) is 6.94. The Morgan fingerprint density at radius 1 is 1.05 bits per heavy atom. The molecule has 0 amide bonds. The van der Waals surface area contributed by atoms with Gasteiger partial charge in [0.05, 0.1) is 0 Å². The van der Waals surface area contributed by atoms with E-state index in [1.54, 1.807) is 0 Å². The highest BCUT2D eigenvalue weighted by atomic mass is 16.5. The molecule has 0 bridgehead atoms. The molecular formula is C15H25N5O. The minimum Gasteiger partial charge on any atom is -0.423 e. The number of nitrogens with one attached hydrogen (secondary N) is 1. The molecular weight excluding hydrogens is 266 g/mol. The van der Waals surface area contributed by atoms with Crippen molar-refractivity contribution in [3.05, 3.63) is 11.2 Å². The molecule has 0 radical (unpaired) electrons. The number of hydrogen-bond donors (Lipinski definition) is 3. The molecule has 1 aromatic heterocycles. The van der Waals surface area contributed by atoms with E-state index in [0.717, 1.165) is 54.9 Å². The smallest absolute Gasteiger partial charge is 0.259 e. The van der Waals surface area contributed by atoms with Gasteiger partial charge in [0.1, 0.15) is 5.82 Å². The molecule has 6 nitrogen and oxygen atoms in total. The lowest BCUT2D eigenvalue weighted by atomic mass is 9.84. The van der Waals surface area contributed by atoms with E-state index < -0.39 is 0 Å². The number of aromatic nitrogens is 2. The van der Waals surface area contributed by atoms with E-state index in [2.05, 4.69) is 9.88 Å². The maximum atomic E-state index is 9.96. The van der Waals surface area contributed by atoms with Gasteiger partial charge < -0.3 is 15.8 Å². The van der Waals surface area contributed by atoms with Crippen LogP contribution < -0.4 is 16.3 Å². The van der Waals surface area contributed by atoms with Crippen LogP contribution in [0.15, 0.2) is 0 Å². The van der Waals surface area contributed by atoms with E-state index in [1.165, 1.54) is 25.7 Å². The Kier molecular flexibility index (Phi) is 4.03. The number of hydrogen-bond acceptors (Lipinski definition) is 5. The third-order valence-corrected chi connectivity index (χ3v) is 4.83. The van der Waals surface area contributed by atoms with Gasteiger partial charge in [-0.05, 0) is 38.0 Å². The van der Waals surface area contributed by atoms with Crippen molar-refractivity contribution in [2.75, 3.05) is 23.7 Å². The first-order valence-electron chi connectivity index (χ1n) is 8.09. The summed E-state index contributed by atoms with van der Waals surface area (Å²) in [4.78, 5) is 6.61. The molecule has 1 aliphatic carbocycles. The Balaban J connectivity index is 2.05. The van der Waals surface area contributed by atoms with E-state index in [1.807, 2.05) is 0 Å². The Labute approximate surface area is 125 Å². The van der Waals surface area contributed by atoms with E-state index in [4.69, 9.17) is 11.1 Å². The molecule has 1 saturated heterocycles. The fourth-order valence-electron chi connectivity index (χ4n) is 3.68. The lowest BCUT2D eigenvalue weighted by molar-refractivity contribution is 0.170. The molecule has 2 fully saturated rings. The highest BCUT2D eigenvalue weighted by Crippen LogP contribution is 2.39. The van der Waals surface area contributed by atoms with Crippen molar-refractivity contribution in [3.63, 3.8) is 0 Å². The highest BCUT2D eigenvalue weighted by Gasteiger charge is 2.27. The molecule has 1 aliphatic heterocycles. The monoisotopic (exact) mass is 291 g/mol. The Morgan fingerprint density at radius 2 is 1.67 bits per heavy atom. The van der Waals surface area contributed by atoms with Gasteiger partial charge in [-0.1, -0.05) is 19.3 Å². The van der Waals surface area contributed by atoms with E-state index in [0.29, 0.717) is 11.7 Å². The molecule has 4 N–H and O–H groups in total. The van der Waals surface area contributed by atoms with Gasteiger partial charge in [0.25, 0.3) is 5.62 Å². The Hall–Kier alpha value is -1.72. The number of nitrogens with two attached hydrogens (primary N) is 1. The fourth-order valence-corrected chi connectivity index (χ4v) is 3.68. The van der Waals surface area contributed by atoms with Crippen LogP contribution in [-0.2, 0) is 0 Å². The molecule has 21 heavy (non-hydrogen) atoms. The van der Waals surface area contributed by atoms with Crippen molar-refractivity contribution in [2.45, 2.75) is 57.3 Å². The van der Waals surface area contributed by atoms with Crippen LogP contribution in [0.5, 0.6) is 0 Å². The van der Waals surface area contributed by atoms with Gasteiger partial charge in [-0.25, -0.2) is 0 Å². The zero-order chi connectivity index (χ0) is 14.8. The van der Waals surface area contributed by atoms with Gasteiger partial charge >= 0.3 is 0 Å². The molecule has 2 aliphatic rings. The molecule has 2 heterocycles. The third kappa shape index (κ3) is 2.71. The molecule has 0 unspecified atom stereocenters. The van der Waals surface area contributed by atoms with Crippen LogP contribution in [-0.4, -0.2) is 28.0 Å². The van der Waals surface area contributed by atoms with Crippen LogP contribution >= 0.6 is 0 Å². The van der Waals surface area contributed by atoms with E-state index >= 15 is 0 Å². The highest BCUT2D eigenvalue weighted by molar-refractivity contribution is 5.59. The molecule has 6 heteroatoms. The Bertz CT molecular complexity index is 556. The quantitative estimate of drug-likeness (QED) is 0.729. The van der Waals surface area contributed by atoms with Gasteiger partial charge in [0.2, 0.25) is 0 Å². The molecule has 0 aromatic carbocycles. The summed E-state index contributed by atoms with van der Waals surface area (Å²) in [6.45, 7) is 1.95. The van der Waals surface area contributed by atoms with Gasteiger partial charge in [-0.15, -0.1) is 4.73 Å². The number of rotatable bonds is 2. The summed E-state index contributed by atoms with van der Waals surface area (Å²) >= 11 is 0. The van der Waals surface area contributed by atoms with Gasteiger partial charge in [-0.2, -0.15) is 4.98 Å². The van der Waals surface area contributed by atoms with Crippen molar-refractivity contribution < 1.29 is 5.21 Å². The number of piperidine rings is 1. The summed E-state index contributed by atoms with van der Waals surface area (Å²) in [6, 6.07) is 0. The maximum absolute atomic E-state index is 9.96. The van der Waals surface area contributed by atoms with Crippen molar-refractivity contribution in [1.29, 1.82) is 5.41 Å². The van der Waals surface area contributed by atoms with Gasteiger partial charge in [0.15, 0.2) is 5.82 Å². The first-order chi connectivity index (χ1) is 10.2. The molecule has 3 rings (SSSR count). The van der Waals surface area contributed by atoms with Gasteiger partial charge in [-0.3, -0.25) is 5.41 Å². The van der Waals surface area contributed by atoms with Gasteiger partial charge in [0, 0.05) is 18.7 Å². The average Bonchev–Trinajstić information content (AvgIpc) is 2.54. The van der Waals surface area contributed by atoms with Crippen LogP contribution in [0, 0.1) is 5.41 Å². The zero-order valence-electron chi connectivity index (χ0n) is 12.5. The lowest BCUT2D eigenvalue weighted by Gasteiger charge is -2.33. The van der Waals surface area contributed by atoms with Crippen LogP contribution in [0.3, 0.4) is 0 Å². The Morgan fingerprint density at radius 3 is 2.33 bits per heavy atom. The van der Waals surface area contributed by atoms with Crippen molar-refractivity contribution in [2.24, 2.45) is 0 Å². The van der Waals surface area contributed by atoms with Crippen LogP contribution in [0.2, 0.25) is 0 Å². The van der Waals surface area contributed by atoms with E-state index in [-0.39, 0.29) is 5.62 Å². The van der Waals surface area contributed by atoms with Crippen LogP contribution in [0.25, 0.3) is 0 Å². The zero-order valence-corrected chi connectivity index (χ0v) is 12.5. The lowest BCUT2D eigenvalue weighted by Crippen LogP contribution is -2.36. The van der Waals surface area contributed by atoms with E-state index in [9.17, 15) is 5.21 Å². The first kappa shape index (κ1) is 14.2. The second kappa shape index (κ2) is 5.95. The molecule has 116 valence electrons. The maximum Gasteiger partial charge on any atom is 0.259 e. The van der Waals surface area contributed by atoms with Crippen LogP contribution in [0.1, 0.15) is 62.8 Å². The minimum absolute atomic E-state index is 0.173. The van der Waals surface area contributed by atoms with Crippen molar-refractivity contribution in [1.82, 2.24) is 9.71 Å². The second-order valence-corrected chi connectivity index (χ2v) is 6.25. The summed E-state index contributed by atoms with van der Waals surface area (Å²) < 4.78 is 0.734. The van der Waals surface area contributed by atoms with Crippen molar-refractivity contribution >= 4 is 11.6 Å². The first-order valence-corrected chi connectivity index (χ1v) is 8.09. The minimum atomic E-state index is -0.173. The summed E-state index contributed by atoms with van der Waals surface area (Å²) in [5.74, 6) is 1.51. The molecule has 1 saturated carbocycles. The standard InChI is InChI=1S/C15H25N5O/c16-13-12(11-7-3-1-4-8-11)14(18-15(17)20(13)21)19-9-5-2-6-10-19/h11,17,21H,1-10,16H2. The predicted octanol–water partition coefficient (Wildman–Crippen LogP) is 2.22. The SMILES string of the molecule is N=c1nc(N2CCCCC2)c(C2CCCCC2)c(N)n1O. The summed E-state index contributed by atoms with van der Waals surface area (Å²) in [5, 5.41) is 17.8. The summed E-state index contributed by atoms with van der Waals surface area (Å²) in [7, 11) is 0. The topological polar surface area (TPSA) is 91.2 Å². The fraction of sp³-hybridized carbons (Fsp3) is 0.733. The number of nitrogen functional groups attached to an aromatic ring is 1. The van der Waals surface area contributed by atoms with Crippen LogP contribution in [0.4, 0.5) is 11.6 Å². The molecule has 1 aromatic rings. The molecule has 0 spiro atoms. The largest absolute Gasteiger partial charge is 0.423 e. The number of nitrogens with zero attached hydrogens (tertiary/aromatic N) is 3. The predicted molar refractivity (Wildman–Crippen MR) is 81.6 cm³/mol.